The van der Waals surface area contributed by atoms with Gasteiger partial charge >= 0.3 is 6.85 Å². The zero-order valence-electron chi connectivity index (χ0n) is 39.4. The molecule has 2 aliphatic rings. The molecule has 0 saturated carbocycles. The average molecular weight is 799 g/mol. The Labute approximate surface area is 365 Å². The van der Waals surface area contributed by atoms with Crippen molar-refractivity contribution in [1.29, 1.82) is 0 Å². The van der Waals surface area contributed by atoms with Gasteiger partial charge in [-0.2, -0.15) is 0 Å². The molecule has 0 saturated heterocycles. The molecule has 2 aromatic heterocycles. The molecule has 308 valence electrons. The monoisotopic (exact) mass is 799 g/mol. The van der Waals surface area contributed by atoms with Gasteiger partial charge in [-0.25, -0.2) is 0 Å². The van der Waals surface area contributed by atoms with Gasteiger partial charge in [0.2, 0.25) is 0 Å². The fourth-order valence-corrected chi connectivity index (χ4v) is 10.4. The molecule has 6 aromatic carbocycles. The summed E-state index contributed by atoms with van der Waals surface area (Å²) in [6, 6.07) is 43.7. The predicted octanol–water partition coefficient (Wildman–Crippen LogP) is 14.5. The first-order valence-electron chi connectivity index (χ1n) is 22.6. The highest BCUT2D eigenvalue weighted by molar-refractivity contribution is 6.90. The van der Waals surface area contributed by atoms with Crippen molar-refractivity contribution >= 4 is 50.5 Å². The molecule has 2 aliphatic heterocycles. The van der Waals surface area contributed by atoms with Crippen LogP contribution >= 0.6 is 0 Å². The third-order valence-corrected chi connectivity index (χ3v) is 14.1. The highest BCUT2D eigenvalue weighted by Crippen LogP contribution is 2.50. The summed E-state index contributed by atoms with van der Waals surface area (Å²) in [7, 11) is 0. The number of rotatable bonds is 2. The Morgan fingerprint density at radius 2 is 0.918 bits per heavy atom. The van der Waals surface area contributed by atoms with Crippen molar-refractivity contribution < 1.29 is 0 Å². The van der Waals surface area contributed by atoms with Crippen LogP contribution in [-0.2, 0) is 27.1 Å². The summed E-state index contributed by atoms with van der Waals surface area (Å²) in [4.78, 5) is 0. The van der Waals surface area contributed by atoms with E-state index in [-0.39, 0.29) is 33.9 Å². The number of nitrogens with zero attached hydrogens (tertiary/aromatic N) is 2. The van der Waals surface area contributed by atoms with Crippen molar-refractivity contribution in [2.75, 3.05) is 0 Å². The van der Waals surface area contributed by atoms with E-state index in [1.807, 2.05) is 0 Å². The van der Waals surface area contributed by atoms with E-state index in [0.29, 0.717) is 0 Å². The van der Waals surface area contributed by atoms with Crippen LogP contribution < -0.4 is 10.9 Å². The summed E-state index contributed by atoms with van der Waals surface area (Å²) in [5, 5.41) is 4.03. The summed E-state index contributed by atoms with van der Waals surface area (Å²) in [6.45, 7) is 35.1. The molecule has 0 unspecified atom stereocenters. The minimum atomic E-state index is -0.0534. The van der Waals surface area contributed by atoms with Gasteiger partial charge in [0.25, 0.3) is 0 Å². The minimum Gasteiger partial charge on any atom is -0.375 e. The second-order valence-corrected chi connectivity index (χ2v) is 23.6. The van der Waals surface area contributed by atoms with Crippen molar-refractivity contribution in [3.63, 3.8) is 0 Å². The number of benzene rings is 6. The first-order chi connectivity index (χ1) is 28.4. The molecule has 0 N–H and O–H groups in total. The minimum absolute atomic E-state index is 0.0336. The van der Waals surface area contributed by atoms with E-state index in [0.717, 1.165) is 0 Å². The Balaban J connectivity index is 1.42. The third kappa shape index (κ3) is 5.96. The lowest BCUT2D eigenvalue weighted by molar-refractivity contribution is 0.590. The Kier molecular flexibility index (Phi) is 8.26. The second-order valence-electron chi connectivity index (χ2n) is 23.6. The molecule has 0 amide bonds. The fraction of sp³-hybridized carbons (Fsp3) is 0.345. The highest BCUT2D eigenvalue weighted by atomic mass is 15.0. The summed E-state index contributed by atoms with van der Waals surface area (Å²) < 4.78 is 5.42. The number of hydrogen-bond acceptors (Lipinski definition) is 0. The van der Waals surface area contributed by atoms with Crippen LogP contribution in [0, 0.1) is 0 Å². The Morgan fingerprint density at radius 3 is 1.49 bits per heavy atom. The maximum absolute atomic E-state index is 2.80. The molecule has 4 heterocycles. The van der Waals surface area contributed by atoms with Gasteiger partial charge < -0.3 is 9.05 Å². The van der Waals surface area contributed by atoms with Crippen molar-refractivity contribution in [2.24, 2.45) is 0 Å². The van der Waals surface area contributed by atoms with Crippen LogP contribution in [0.15, 0.2) is 109 Å². The largest absolute Gasteiger partial charge is 0.375 e. The van der Waals surface area contributed by atoms with Crippen molar-refractivity contribution in [2.45, 2.75) is 131 Å². The Morgan fingerprint density at radius 1 is 0.410 bits per heavy atom. The van der Waals surface area contributed by atoms with Crippen LogP contribution in [0.5, 0.6) is 0 Å². The Hall–Kier alpha value is -5.28. The lowest BCUT2D eigenvalue weighted by Crippen LogP contribution is -2.55. The molecule has 0 radical (unpaired) electrons. The first kappa shape index (κ1) is 39.8. The molecule has 0 aliphatic carbocycles. The van der Waals surface area contributed by atoms with Gasteiger partial charge in [0.1, 0.15) is 0 Å². The SMILES string of the molecule is CC(C)(C)c1ccc(-c2c(-c3ccc(C(C)(C)C)cc3)n3c4c(cc(C(C)(C)C)cc24)-c2cccc4c2B3c2cc(C(C)(C)C)cc3c5cc(C(C)(C)C)ccc5n-4c23)cc1. The maximum Gasteiger partial charge on any atom is 0.333 e. The van der Waals surface area contributed by atoms with Gasteiger partial charge in [-0.15, -0.1) is 0 Å². The number of fused-ring (bicyclic) bond motifs is 7. The fourth-order valence-electron chi connectivity index (χ4n) is 10.4. The summed E-state index contributed by atoms with van der Waals surface area (Å²) >= 11 is 0. The van der Waals surface area contributed by atoms with Gasteiger partial charge in [-0.05, 0) is 119 Å². The van der Waals surface area contributed by atoms with Gasteiger partial charge in [-0.1, -0.05) is 177 Å². The molecule has 3 heteroatoms. The molecular formula is C58H63BN2. The van der Waals surface area contributed by atoms with E-state index < -0.39 is 0 Å². The molecule has 10 rings (SSSR count). The molecule has 2 nitrogen and oxygen atoms in total. The average Bonchev–Trinajstić information content (AvgIpc) is 3.70. The topological polar surface area (TPSA) is 9.86 Å². The second kappa shape index (κ2) is 12.7. The van der Waals surface area contributed by atoms with E-state index in [4.69, 9.17) is 0 Å². The molecule has 0 fully saturated rings. The number of aromatic nitrogens is 2. The predicted molar refractivity (Wildman–Crippen MR) is 267 cm³/mol. The highest BCUT2D eigenvalue weighted by Gasteiger charge is 2.44. The lowest BCUT2D eigenvalue weighted by Gasteiger charge is -2.36. The van der Waals surface area contributed by atoms with Crippen LogP contribution in [0.3, 0.4) is 0 Å². The molecular weight excluding hydrogens is 735 g/mol. The van der Waals surface area contributed by atoms with Crippen LogP contribution in [0.2, 0.25) is 0 Å². The van der Waals surface area contributed by atoms with Gasteiger partial charge in [-0.3, -0.25) is 0 Å². The van der Waals surface area contributed by atoms with Crippen LogP contribution in [0.4, 0.5) is 0 Å². The lowest BCUT2D eigenvalue weighted by atomic mass is 9.45. The standard InChI is InChI=1S/C58H63BN2/c1-54(2,3)36-23-19-34(20-24-36)49-45-32-39(57(10,11)12)30-43-41-17-16-18-48-50(41)59(61(52(43)45)51(49)35-21-25-37(26-22-35)55(4,5)6)46-33-40(58(13,14)15)31-44-42-29-38(56(7,8)9)27-28-47(42)60(48)53(44)46/h16-33H,1-15H3. The summed E-state index contributed by atoms with van der Waals surface area (Å²) in [5.74, 6) is 0. The van der Waals surface area contributed by atoms with Gasteiger partial charge in [0.15, 0.2) is 0 Å². The van der Waals surface area contributed by atoms with Crippen LogP contribution in [-0.4, -0.2) is 15.9 Å². The van der Waals surface area contributed by atoms with Gasteiger partial charge in [0, 0.05) is 44.2 Å². The number of hydrogen-bond donors (Lipinski definition) is 0. The third-order valence-electron chi connectivity index (χ3n) is 14.1. The van der Waals surface area contributed by atoms with Crippen molar-refractivity contribution in [1.82, 2.24) is 9.05 Å². The van der Waals surface area contributed by atoms with E-state index in [2.05, 4.69) is 222 Å². The molecule has 0 atom stereocenters. The molecule has 61 heavy (non-hydrogen) atoms. The zero-order valence-corrected chi connectivity index (χ0v) is 39.4. The normalized spacial score (nSPS) is 14.1. The van der Waals surface area contributed by atoms with Crippen molar-refractivity contribution in [3.05, 3.63) is 137 Å². The molecule has 0 bridgehead atoms. The zero-order chi connectivity index (χ0) is 43.5. The van der Waals surface area contributed by atoms with Gasteiger partial charge in [0.05, 0.1) is 11.0 Å². The quantitative estimate of drug-likeness (QED) is 0.154. The molecule has 8 aromatic rings. The smallest absolute Gasteiger partial charge is 0.333 e. The van der Waals surface area contributed by atoms with E-state index in [9.17, 15) is 0 Å². The van der Waals surface area contributed by atoms with E-state index in [1.165, 1.54) is 111 Å². The van der Waals surface area contributed by atoms with E-state index in [1.54, 1.807) is 0 Å². The maximum atomic E-state index is 2.80. The molecule has 0 spiro atoms. The summed E-state index contributed by atoms with van der Waals surface area (Å²) in [5.41, 5.74) is 22.7. The summed E-state index contributed by atoms with van der Waals surface area (Å²) in [6.07, 6.45) is 0. The van der Waals surface area contributed by atoms with Crippen LogP contribution in [0.25, 0.3) is 71.9 Å². The van der Waals surface area contributed by atoms with Crippen molar-refractivity contribution in [3.8, 4) is 39.2 Å². The Bertz CT molecular complexity index is 3110. The van der Waals surface area contributed by atoms with E-state index >= 15 is 0 Å². The first-order valence-corrected chi connectivity index (χ1v) is 22.6. The van der Waals surface area contributed by atoms with Crippen LogP contribution in [0.1, 0.15) is 132 Å².